The molecule has 1 aliphatic carbocycles. The third-order valence-electron chi connectivity index (χ3n) is 4.76. The number of amides is 1. The number of carbonyl (C=O) groups is 1. The van der Waals surface area contributed by atoms with Gasteiger partial charge in [0.15, 0.2) is 0 Å². The van der Waals surface area contributed by atoms with Crippen LogP contribution in [-0.4, -0.2) is 55.5 Å². The molecule has 24 heavy (non-hydrogen) atoms. The molecule has 2 fully saturated rings. The molecule has 0 unspecified atom stereocenters. The summed E-state index contributed by atoms with van der Waals surface area (Å²) in [6, 6.07) is 3.03. The number of piperidine rings is 1. The topological polar surface area (TPSA) is 75.1 Å². The second-order valence-corrected chi connectivity index (χ2v) is 7.17. The molecule has 0 radical (unpaired) electrons. The molecule has 7 nitrogen and oxygen atoms in total. The van der Waals surface area contributed by atoms with E-state index in [9.17, 15) is 4.79 Å². The average molecular weight is 344 g/mol. The fraction of sp³-hybridized carbons (Fsp3) is 0.562. The minimum Gasteiger partial charge on any atom is -0.350 e. The smallest absolute Gasteiger partial charge is 0.267 e. The number of aromatic nitrogens is 4. The van der Waals surface area contributed by atoms with Gasteiger partial charge < -0.3 is 9.80 Å². The molecule has 4 rings (SSSR count). The molecule has 2 aliphatic rings. The van der Waals surface area contributed by atoms with E-state index in [-0.39, 0.29) is 5.91 Å². The SMILES string of the molecule is Cc1nnsc1C(=O)N1CCC(N(c2ccncn2)C2CC2)CC1. The van der Waals surface area contributed by atoms with Gasteiger partial charge in [0, 0.05) is 31.4 Å². The Balaban J connectivity index is 1.44. The first kappa shape index (κ1) is 15.4. The number of rotatable bonds is 4. The lowest BCUT2D eigenvalue weighted by Crippen LogP contribution is -2.48. The van der Waals surface area contributed by atoms with E-state index in [0.29, 0.717) is 17.0 Å². The highest BCUT2D eigenvalue weighted by Gasteiger charge is 2.37. The van der Waals surface area contributed by atoms with Gasteiger partial charge in [0.05, 0.1) is 5.69 Å². The second-order valence-electron chi connectivity index (χ2n) is 6.42. The fourth-order valence-electron chi connectivity index (χ4n) is 3.38. The first-order valence-electron chi connectivity index (χ1n) is 8.36. The third-order valence-corrected chi connectivity index (χ3v) is 5.58. The Morgan fingerprint density at radius 1 is 1.25 bits per heavy atom. The van der Waals surface area contributed by atoms with Crippen molar-refractivity contribution >= 4 is 23.3 Å². The van der Waals surface area contributed by atoms with Crippen molar-refractivity contribution in [3.05, 3.63) is 29.2 Å². The van der Waals surface area contributed by atoms with Gasteiger partial charge in [0.2, 0.25) is 0 Å². The average Bonchev–Trinajstić information content (AvgIpc) is 3.36. The van der Waals surface area contributed by atoms with Crippen molar-refractivity contribution in [2.24, 2.45) is 0 Å². The van der Waals surface area contributed by atoms with E-state index in [0.717, 1.165) is 37.4 Å². The zero-order chi connectivity index (χ0) is 16.5. The largest absolute Gasteiger partial charge is 0.350 e. The van der Waals surface area contributed by atoms with Crippen molar-refractivity contribution in [2.45, 2.75) is 44.7 Å². The van der Waals surface area contributed by atoms with Crippen molar-refractivity contribution in [1.82, 2.24) is 24.5 Å². The highest BCUT2D eigenvalue weighted by Crippen LogP contribution is 2.35. The summed E-state index contributed by atoms with van der Waals surface area (Å²) >= 11 is 1.19. The first-order valence-corrected chi connectivity index (χ1v) is 9.14. The van der Waals surface area contributed by atoms with E-state index in [1.165, 1.54) is 24.4 Å². The molecule has 0 N–H and O–H groups in total. The Kier molecular flexibility index (Phi) is 4.13. The van der Waals surface area contributed by atoms with Gasteiger partial charge in [0.1, 0.15) is 17.0 Å². The van der Waals surface area contributed by atoms with Gasteiger partial charge in [-0.05, 0) is 50.2 Å². The number of hydrogen-bond donors (Lipinski definition) is 0. The Hall–Kier alpha value is -2.09. The summed E-state index contributed by atoms with van der Waals surface area (Å²) in [4.78, 5) is 26.1. The van der Waals surface area contributed by atoms with Crippen LogP contribution in [0, 0.1) is 6.92 Å². The van der Waals surface area contributed by atoms with Crippen molar-refractivity contribution in [1.29, 1.82) is 0 Å². The van der Waals surface area contributed by atoms with Crippen LogP contribution in [-0.2, 0) is 0 Å². The molecular weight excluding hydrogens is 324 g/mol. The van der Waals surface area contributed by atoms with Gasteiger partial charge >= 0.3 is 0 Å². The maximum absolute atomic E-state index is 12.6. The van der Waals surface area contributed by atoms with Crippen molar-refractivity contribution < 1.29 is 4.79 Å². The van der Waals surface area contributed by atoms with Gasteiger partial charge in [-0.3, -0.25) is 4.79 Å². The highest BCUT2D eigenvalue weighted by molar-refractivity contribution is 7.07. The van der Waals surface area contributed by atoms with Crippen LogP contribution >= 0.6 is 11.5 Å². The molecule has 8 heteroatoms. The molecular formula is C16H20N6OS. The van der Waals surface area contributed by atoms with Crippen molar-refractivity contribution in [3.8, 4) is 0 Å². The molecule has 0 spiro atoms. The molecule has 2 aromatic heterocycles. The second kappa shape index (κ2) is 6.43. The first-order chi connectivity index (χ1) is 11.7. The molecule has 126 valence electrons. The number of nitrogens with zero attached hydrogens (tertiary/aromatic N) is 6. The van der Waals surface area contributed by atoms with Crippen LogP contribution in [0.2, 0.25) is 0 Å². The van der Waals surface area contributed by atoms with Crippen LogP contribution in [0.15, 0.2) is 18.6 Å². The van der Waals surface area contributed by atoms with Crippen LogP contribution in [0.3, 0.4) is 0 Å². The summed E-state index contributed by atoms with van der Waals surface area (Å²) in [7, 11) is 0. The van der Waals surface area contributed by atoms with E-state index >= 15 is 0 Å². The maximum Gasteiger partial charge on any atom is 0.267 e. The van der Waals surface area contributed by atoms with Gasteiger partial charge in [0.25, 0.3) is 5.91 Å². The molecule has 1 aliphatic heterocycles. The summed E-state index contributed by atoms with van der Waals surface area (Å²) in [5.74, 6) is 1.08. The van der Waals surface area contributed by atoms with E-state index in [2.05, 4.69) is 24.5 Å². The number of aryl methyl sites for hydroxylation is 1. The Morgan fingerprint density at radius 2 is 2.00 bits per heavy atom. The number of carbonyl (C=O) groups excluding carboxylic acids is 1. The molecule has 1 saturated heterocycles. The Bertz CT molecular complexity index is 708. The monoisotopic (exact) mass is 344 g/mol. The van der Waals surface area contributed by atoms with E-state index < -0.39 is 0 Å². The lowest BCUT2D eigenvalue weighted by atomic mass is 10.0. The molecule has 0 aromatic carbocycles. The lowest BCUT2D eigenvalue weighted by Gasteiger charge is -2.39. The van der Waals surface area contributed by atoms with Crippen LogP contribution in [0.25, 0.3) is 0 Å². The zero-order valence-corrected chi connectivity index (χ0v) is 14.4. The molecule has 2 aromatic rings. The standard InChI is InChI=1S/C16H20N6OS/c1-11-15(24-20-19-11)16(23)21-8-5-13(6-9-21)22(12-2-3-12)14-4-7-17-10-18-14/h4,7,10,12-13H,2-3,5-6,8-9H2,1H3. The van der Waals surface area contributed by atoms with Crippen LogP contribution < -0.4 is 4.90 Å². The Morgan fingerprint density at radius 3 is 2.58 bits per heavy atom. The van der Waals surface area contributed by atoms with E-state index in [1.54, 1.807) is 12.5 Å². The number of anilines is 1. The van der Waals surface area contributed by atoms with Gasteiger partial charge in [-0.1, -0.05) is 4.49 Å². The Labute approximate surface area is 144 Å². The van der Waals surface area contributed by atoms with Crippen LogP contribution in [0.1, 0.15) is 41.0 Å². The minimum atomic E-state index is 0.0703. The molecule has 0 atom stereocenters. The predicted molar refractivity (Wildman–Crippen MR) is 91.1 cm³/mol. The zero-order valence-electron chi connectivity index (χ0n) is 13.6. The quantitative estimate of drug-likeness (QED) is 0.843. The minimum absolute atomic E-state index is 0.0703. The van der Waals surface area contributed by atoms with Crippen LogP contribution in [0.4, 0.5) is 5.82 Å². The number of hydrogen-bond acceptors (Lipinski definition) is 7. The molecule has 3 heterocycles. The van der Waals surface area contributed by atoms with Gasteiger partial charge in [-0.15, -0.1) is 5.10 Å². The van der Waals surface area contributed by atoms with Gasteiger partial charge in [-0.2, -0.15) is 0 Å². The fourth-order valence-corrected chi connectivity index (χ4v) is 4.00. The third kappa shape index (κ3) is 2.98. The van der Waals surface area contributed by atoms with Gasteiger partial charge in [-0.25, -0.2) is 9.97 Å². The molecule has 0 bridgehead atoms. The molecule has 1 saturated carbocycles. The van der Waals surface area contributed by atoms with Crippen LogP contribution in [0.5, 0.6) is 0 Å². The maximum atomic E-state index is 12.6. The molecule has 1 amide bonds. The van der Waals surface area contributed by atoms with Crippen molar-refractivity contribution in [3.63, 3.8) is 0 Å². The summed E-state index contributed by atoms with van der Waals surface area (Å²) < 4.78 is 3.87. The normalized spacial score (nSPS) is 18.6. The lowest BCUT2D eigenvalue weighted by molar-refractivity contribution is 0.0716. The summed E-state index contributed by atoms with van der Waals surface area (Å²) in [5, 5.41) is 3.95. The summed E-state index contributed by atoms with van der Waals surface area (Å²) in [6.45, 7) is 3.39. The highest BCUT2D eigenvalue weighted by atomic mass is 32.1. The predicted octanol–water partition coefficient (Wildman–Crippen LogP) is 1.91. The summed E-state index contributed by atoms with van der Waals surface area (Å²) in [5.41, 5.74) is 0.729. The number of likely N-dealkylation sites (tertiary alicyclic amines) is 1. The van der Waals surface area contributed by atoms with Crippen molar-refractivity contribution in [2.75, 3.05) is 18.0 Å². The van der Waals surface area contributed by atoms with E-state index in [1.807, 2.05) is 17.9 Å². The van der Waals surface area contributed by atoms with E-state index in [4.69, 9.17) is 0 Å². The summed E-state index contributed by atoms with van der Waals surface area (Å²) in [6.07, 6.45) is 7.82.